The van der Waals surface area contributed by atoms with Gasteiger partial charge in [-0.2, -0.15) is 0 Å². The topological polar surface area (TPSA) is 120 Å². The number of aliphatic hydroxyl groups is 1. The van der Waals surface area contributed by atoms with Crippen LogP contribution in [0.25, 0.3) is 11.0 Å². The molecule has 1 aliphatic heterocycles. The SMILES string of the molecule is CNC(C)C(=O)NC(C(=O)N1CC(O)CC1Cc1c[nH]c2ncccc12)C(C)OC. The van der Waals surface area contributed by atoms with Crippen LogP contribution in [0.2, 0.25) is 0 Å². The van der Waals surface area contributed by atoms with Gasteiger partial charge in [0.25, 0.3) is 0 Å². The van der Waals surface area contributed by atoms with Gasteiger partial charge in [0.05, 0.1) is 18.2 Å². The number of nitrogens with one attached hydrogen (secondary N) is 3. The maximum Gasteiger partial charge on any atom is 0.248 e. The molecule has 1 fully saturated rings. The number of carbonyl (C=O) groups is 2. The van der Waals surface area contributed by atoms with Crippen LogP contribution in [0.5, 0.6) is 0 Å². The Labute approximate surface area is 176 Å². The summed E-state index contributed by atoms with van der Waals surface area (Å²) in [5.74, 6) is -0.528. The summed E-state index contributed by atoms with van der Waals surface area (Å²) in [6, 6.07) is 2.40. The lowest BCUT2D eigenvalue weighted by molar-refractivity contribution is -0.141. The number of ether oxygens (including phenoxy) is 1. The van der Waals surface area contributed by atoms with E-state index in [1.54, 1.807) is 32.0 Å². The van der Waals surface area contributed by atoms with Crippen LogP contribution in [0, 0.1) is 0 Å². The number of H-pyrrole nitrogens is 1. The van der Waals surface area contributed by atoms with Crippen LogP contribution in [0.4, 0.5) is 0 Å². The lowest BCUT2D eigenvalue weighted by Gasteiger charge is -2.32. The molecule has 2 aromatic rings. The van der Waals surface area contributed by atoms with Crippen LogP contribution in [0.15, 0.2) is 24.5 Å². The summed E-state index contributed by atoms with van der Waals surface area (Å²) >= 11 is 0. The molecule has 0 radical (unpaired) electrons. The molecule has 0 spiro atoms. The monoisotopic (exact) mass is 417 g/mol. The van der Waals surface area contributed by atoms with Gasteiger partial charge in [0, 0.05) is 37.5 Å². The van der Waals surface area contributed by atoms with Crippen LogP contribution in [-0.4, -0.2) is 82.8 Å². The van der Waals surface area contributed by atoms with E-state index in [9.17, 15) is 14.7 Å². The van der Waals surface area contributed by atoms with Gasteiger partial charge in [0.2, 0.25) is 11.8 Å². The molecule has 0 bridgehead atoms. The lowest BCUT2D eigenvalue weighted by Crippen LogP contribution is -2.58. The second-order valence-electron chi connectivity index (χ2n) is 7.89. The third-order valence-corrected chi connectivity index (χ3v) is 5.90. The number of hydrogen-bond acceptors (Lipinski definition) is 6. The number of nitrogens with zero attached hydrogens (tertiary/aromatic N) is 2. The van der Waals surface area contributed by atoms with Crippen molar-refractivity contribution in [3.63, 3.8) is 0 Å². The van der Waals surface area contributed by atoms with Crippen LogP contribution in [0.3, 0.4) is 0 Å². The zero-order valence-corrected chi connectivity index (χ0v) is 17.9. The number of aromatic amines is 1. The Morgan fingerprint density at radius 1 is 1.43 bits per heavy atom. The number of amides is 2. The first kappa shape index (κ1) is 22.2. The smallest absolute Gasteiger partial charge is 0.248 e. The summed E-state index contributed by atoms with van der Waals surface area (Å²) in [7, 11) is 3.19. The van der Waals surface area contributed by atoms with Crippen molar-refractivity contribution in [3.8, 4) is 0 Å². The first-order valence-electron chi connectivity index (χ1n) is 10.3. The van der Waals surface area contributed by atoms with Gasteiger partial charge < -0.3 is 30.4 Å². The van der Waals surface area contributed by atoms with Crippen molar-refractivity contribution in [1.82, 2.24) is 25.5 Å². The van der Waals surface area contributed by atoms with Crippen LogP contribution < -0.4 is 10.6 Å². The second-order valence-corrected chi connectivity index (χ2v) is 7.89. The zero-order chi connectivity index (χ0) is 21.8. The van der Waals surface area contributed by atoms with Gasteiger partial charge >= 0.3 is 0 Å². The summed E-state index contributed by atoms with van der Waals surface area (Å²) in [4.78, 5) is 35.0. The molecule has 2 aromatic heterocycles. The molecule has 3 rings (SSSR count). The minimum absolute atomic E-state index is 0.183. The third kappa shape index (κ3) is 4.63. The van der Waals surface area contributed by atoms with Crippen LogP contribution in [-0.2, 0) is 20.7 Å². The van der Waals surface area contributed by atoms with Crippen molar-refractivity contribution >= 4 is 22.8 Å². The number of aliphatic hydroxyl groups excluding tert-OH is 1. The maximum absolute atomic E-state index is 13.4. The number of likely N-dealkylation sites (tertiary alicyclic amines) is 1. The molecule has 5 atom stereocenters. The number of β-amino-alcohol motifs (C(OH)–C–C–N with tert-alkyl or cyclic N) is 1. The zero-order valence-electron chi connectivity index (χ0n) is 17.9. The van der Waals surface area contributed by atoms with Gasteiger partial charge in [0.15, 0.2) is 0 Å². The van der Waals surface area contributed by atoms with Crippen molar-refractivity contribution in [1.29, 1.82) is 0 Å². The molecule has 2 amide bonds. The van der Waals surface area contributed by atoms with E-state index in [1.807, 2.05) is 18.3 Å². The summed E-state index contributed by atoms with van der Waals surface area (Å²) in [6.07, 6.45) is 3.57. The van der Waals surface area contributed by atoms with Gasteiger partial charge in [-0.25, -0.2) is 4.98 Å². The maximum atomic E-state index is 13.4. The van der Waals surface area contributed by atoms with Crippen molar-refractivity contribution in [2.75, 3.05) is 20.7 Å². The van der Waals surface area contributed by atoms with Gasteiger partial charge in [-0.15, -0.1) is 0 Å². The Bertz CT molecular complexity index is 885. The van der Waals surface area contributed by atoms with Gasteiger partial charge in [-0.3, -0.25) is 9.59 Å². The van der Waals surface area contributed by atoms with Crippen molar-refractivity contribution in [3.05, 3.63) is 30.1 Å². The van der Waals surface area contributed by atoms with E-state index in [0.29, 0.717) is 12.8 Å². The van der Waals surface area contributed by atoms with E-state index in [2.05, 4.69) is 20.6 Å². The Morgan fingerprint density at radius 3 is 2.90 bits per heavy atom. The fourth-order valence-corrected chi connectivity index (χ4v) is 3.89. The largest absolute Gasteiger partial charge is 0.391 e. The number of likely N-dealkylation sites (N-methyl/N-ethyl adjacent to an activating group) is 1. The molecule has 4 N–H and O–H groups in total. The molecule has 0 aromatic carbocycles. The standard InChI is InChI=1S/C21H31N5O4/c1-12(22-3)20(28)25-18(13(2)30-4)21(29)26-11-16(27)9-15(26)8-14-10-24-19-17(14)6-5-7-23-19/h5-7,10,12-13,15-16,18,22,27H,8-9,11H2,1-4H3,(H,23,24)(H,25,28). The van der Waals surface area contributed by atoms with E-state index in [4.69, 9.17) is 4.74 Å². The number of rotatable bonds is 8. The Balaban J connectivity index is 1.80. The first-order valence-corrected chi connectivity index (χ1v) is 10.3. The molecule has 9 heteroatoms. The molecular weight excluding hydrogens is 386 g/mol. The molecule has 1 saturated heterocycles. The molecule has 0 aliphatic carbocycles. The molecule has 0 saturated carbocycles. The fourth-order valence-electron chi connectivity index (χ4n) is 3.89. The molecule has 164 valence electrons. The second kappa shape index (κ2) is 9.55. The average Bonchev–Trinajstić information content (AvgIpc) is 3.33. The minimum atomic E-state index is -0.837. The number of pyridine rings is 1. The minimum Gasteiger partial charge on any atom is -0.391 e. The summed E-state index contributed by atoms with van der Waals surface area (Å²) < 4.78 is 5.37. The highest BCUT2D eigenvalue weighted by Gasteiger charge is 2.40. The van der Waals surface area contributed by atoms with Crippen LogP contribution >= 0.6 is 0 Å². The Morgan fingerprint density at radius 2 is 2.20 bits per heavy atom. The number of methoxy groups -OCH3 is 1. The van der Waals surface area contributed by atoms with Crippen molar-refractivity contribution in [2.45, 2.75) is 57.0 Å². The molecule has 9 nitrogen and oxygen atoms in total. The van der Waals surface area contributed by atoms with Crippen molar-refractivity contribution < 1.29 is 19.4 Å². The molecule has 1 aliphatic rings. The lowest BCUT2D eigenvalue weighted by atomic mass is 10.0. The van der Waals surface area contributed by atoms with Crippen LogP contribution in [0.1, 0.15) is 25.8 Å². The summed E-state index contributed by atoms with van der Waals surface area (Å²) in [5, 5.41) is 17.0. The number of hydrogen-bond donors (Lipinski definition) is 4. The highest BCUT2D eigenvalue weighted by molar-refractivity contribution is 5.90. The third-order valence-electron chi connectivity index (χ3n) is 5.90. The van der Waals surface area contributed by atoms with Gasteiger partial charge in [-0.05, 0) is 51.4 Å². The van der Waals surface area contributed by atoms with E-state index in [-0.39, 0.29) is 24.4 Å². The highest BCUT2D eigenvalue weighted by Crippen LogP contribution is 2.26. The number of aromatic nitrogens is 2. The van der Waals surface area contributed by atoms with E-state index in [1.165, 1.54) is 7.11 Å². The van der Waals surface area contributed by atoms with E-state index in [0.717, 1.165) is 16.6 Å². The van der Waals surface area contributed by atoms with E-state index >= 15 is 0 Å². The number of fused-ring (bicyclic) bond motifs is 1. The molecule has 30 heavy (non-hydrogen) atoms. The predicted octanol–water partition coefficient (Wildman–Crippen LogP) is 0.195. The number of carbonyl (C=O) groups excluding carboxylic acids is 2. The normalized spacial score (nSPS) is 22.1. The fraction of sp³-hybridized carbons (Fsp3) is 0.571. The van der Waals surface area contributed by atoms with Gasteiger partial charge in [0.1, 0.15) is 11.7 Å². The Hall–Kier alpha value is -2.49. The first-order chi connectivity index (χ1) is 14.3. The quantitative estimate of drug-likeness (QED) is 0.487. The Kier molecular flexibility index (Phi) is 7.06. The van der Waals surface area contributed by atoms with E-state index < -0.39 is 24.3 Å². The highest BCUT2D eigenvalue weighted by atomic mass is 16.5. The summed E-state index contributed by atoms with van der Waals surface area (Å²) in [6.45, 7) is 3.70. The molecular formula is C21H31N5O4. The van der Waals surface area contributed by atoms with Crippen molar-refractivity contribution in [2.24, 2.45) is 0 Å². The predicted molar refractivity (Wildman–Crippen MR) is 113 cm³/mol. The summed E-state index contributed by atoms with van der Waals surface area (Å²) in [5.41, 5.74) is 1.84. The molecule has 5 unspecified atom stereocenters. The average molecular weight is 418 g/mol. The van der Waals surface area contributed by atoms with Gasteiger partial charge in [-0.1, -0.05) is 0 Å². The molecule has 3 heterocycles.